The van der Waals surface area contributed by atoms with Crippen LogP contribution in [0.1, 0.15) is 12.5 Å². The lowest BCUT2D eigenvalue weighted by Crippen LogP contribution is -2.51. The molecule has 0 radical (unpaired) electrons. The van der Waals surface area contributed by atoms with E-state index in [0.29, 0.717) is 18.0 Å². The van der Waals surface area contributed by atoms with Crippen LogP contribution >= 0.6 is 0 Å². The second-order valence-corrected chi connectivity index (χ2v) is 6.91. The van der Waals surface area contributed by atoms with Crippen molar-refractivity contribution in [3.63, 3.8) is 0 Å². The molecule has 0 bridgehead atoms. The first-order chi connectivity index (χ1) is 13.5. The molecule has 0 spiro atoms. The molecule has 28 heavy (non-hydrogen) atoms. The third-order valence-corrected chi connectivity index (χ3v) is 4.43. The minimum absolute atomic E-state index is 0.427. The summed E-state index contributed by atoms with van der Waals surface area (Å²) in [5.41, 5.74) is 8.40. The predicted molar refractivity (Wildman–Crippen MR) is 111 cm³/mol. The number of rotatable bonds is 7. The lowest BCUT2D eigenvalue weighted by atomic mass is 10.0. The highest BCUT2D eigenvalue weighted by Crippen LogP contribution is 2.21. The van der Waals surface area contributed by atoms with E-state index in [0.717, 1.165) is 5.56 Å². The molecule has 3 aromatic rings. The molecule has 144 valence electrons. The van der Waals surface area contributed by atoms with Gasteiger partial charge in [0.25, 0.3) is 0 Å². The van der Waals surface area contributed by atoms with Gasteiger partial charge >= 0.3 is 0 Å². The number of carbonyl (C=O) groups is 1. The van der Waals surface area contributed by atoms with Gasteiger partial charge in [-0.25, -0.2) is 0 Å². The van der Waals surface area contributed by atoms with E-state index in [9.17, 15) is 4.79 Å². The van der Waals surface area contributed by atoms with E-state index in [1.165, 1.54) is 18.1 Å². The molecule has 3 aromatic carbocycles. The van der Waals surface area contributed by atoms with Crippen LogP contribution < -0.4 is 15.8 Å². The Morgan fingerprint density at radius 3 is 2.18 bits per heavy atom. The van der Waals surface area contributed by atoms with E-state index < -0.39 is 18.1 Å². The van der Waals surface area contributed by atoms with Crippen molar-refractivity contribution in [3.8, 4) is 16.9 Å². The number of carbonyl (C=O) groups excluding carboxylic acids is 1. The summed E-state index contributed by atoms with van der Waals surface area (Å²) in [7, 11) is 0. The minimum Gasteiger partial charge on any atom is -0.489 e. The van der Waals surface area contributed by atoms with E-state index in [4.69, 9.17) is 15.6 Å². The lowest BCUT2D eigenvalue weighted by Gasteiger charge is -2.20. The van der Waals surface area contributed by atoms with Crippen molar-refractivity contribution in [1.29, 1.82) is 0 Å². The number of aliphatic hydroxyl groups excluding tert-OH is 1. The van der Waals surface area contributed by atoms with Crippen molar-refractivity contribution in [2.75, 3.05) is 11.9 Å². The van der Waals surface area contributed by atoms with Crippen LogP contribution in [0.15, 0.2) is 78.9 Å². The average molecular weight is 376 g/mol. The molecule has 0 fully saturated rings. The maximum Gasteiger partial charge on any atom is 0.246 e. The fourth-order valence-corrected chi connectivity index (χ4v) is 2.57. The van der Waals surface area contributed by atoms with Crippen molar-refractivity contribution < 1.29 is 14.6 Å². The molecule has 0 saturated heterocycles. The minimum atomic E-state index is -1.32. The number of nitrogens with one attached hydrogen (secondary N) is 1. The fraction of sp³-hybridized carbons (Fsp3) is 0.174. The van der Waals surface area contributed by atoms with Crippen LogP contribution in [0.4, 0.5) is 5.69 Å². The fourth-order valence-electron chi connectivity index (χ4n) is 2.57. The zero-order valence-corrected chi connectivity index (χ0v) is 15.8. The van der Waals surface area contributed by atoms with Gasteiger partial charge in [-0.15, -0.1) is 0 Å². The zero-order valence-electron chi connectivity index (χ0n) is 15.8. The summed E-state index contributed by atoms with van der Waals surface area (Å²) in [5.74, 6) is 0.255. The quantitative estimate of drug-likeness (QED) is 0.588. The zero-order chi connectivity index (χ0) is 20.0. The summed E-state index contributed by atoms with van der Waals surface area (Å²) in [6, 6.07) is 25.5. The topological polar surface area (TPSA) is 84.6 Å². The number of hydrogen-bond donors (Lipinski definition) is 3. The Morgan fingerprint density at radius 2 is 1.57 bits per heavy atom. The molecular weight excluding hydrogens is 352 g/mol. The number of anilines is 1. The molecule has 0 unspecified atom stereocenters. The van der Waals surface area contributed by atoms with Crippen LogP contribution in [0.25, 0.3) is 11.1 Å². The summed E-state index contributed by atoms with van der Waals surface area (Å²) in [6.45, 7) is 1.50. The third-order valence-electron chi connectivity index (χ3n) is 4.43. The first-order valence-corrected chi connectivity index (χ1v) is 9.06. The molecule has 4 N–H and O–H groups in total. The second kappa shape index (κ2) is 8.69. The Labute approximate surface area is 164 Å². The van der Waals surface area contributed by atoms with E-state index in [2.05, 4.69) is 29.6 Å². The molecule has 0 aliphatic carbocycles. The summed E-state index contributed by atoms with van der Waals surface area (Å²) < 4.78 is 5.81. The van der Waals surface area contributed by atoms with Crippen molar-refractivity contribution in [1.82, 2.24) is 0 Å². The maximum absolute atomic E-state index is 12.0. The number of amides is 1. The Bertz CT molecular complexity index is 905. The SMILES string of the molecule is C[C@](N)(CO)C(=O)Nc1ccc(OCc2ccc(-c3ccccc3)cc2)cc1. The molecule has 1 amide bonds. The van der Waals surface area contributed by atoms with Crippen molar-refractivity contribution in [2.24, 2.45) is 5.73 Å². The molecular formula is C23H24N2O3. The first kappa shape index (κ1) is 19.6. The average Bonchev–Trinajstić information content (AvgIpc) is 2.74. The van der Waals surface area contributed by atoms with Gasteiger partial charge in [0.1, 0.15) is 17.9 Å². The monoisotopic (exact) mass is 376 g/mol. The Kier molecular flexibility index (Phi) is 6.09. The summed E-state index contributed by atoms with van der Waals surface area (Å²) in [4.78, 5) is 12.0. The van der Waals surface area contributed by atoms with E-state index >= 15 is 0 Å². The van der Waals surface area contributed by atoms with Crippen LogP contribution in [0.2, 0.25) is 0 Å². The Balaban J connectivity index is 1.56. The molecule has 3 rings (SSSR count). The molecule has 0 aliphatic rings. The van der Waals surface area contributed by atoms with Gasteiger partial charge in [0.15, 0.2) is 0 Å². The Morgan fingerprint density at radius 1 is 0.964 bits per heavy atom. The molecule has 0 saturated carbocycles. The second-order valence-electron chi connectivity index (χ2n) is 6.91. The molecule has 0 aliphatic heterocycles. The van der Waals surface area contributed by atoms with E-state index in [1.807, 2.05) is 30.3 Å². The van der Waals surface area contributed by atoms with Gasteiger partial charge in [-0.2, -0.15) is 0 Å². The summed E-state index contributed by atoms with van der Waals surface area (Å²) in [5, 5.41) is 11.8. The van der Waals surface area contributed by atoms with Gasteiger partial charge in [0.05, 0.1) is 6.61 Å². The smallest absolute Gasteiger partial charge is 0.246 e. The van der Waals surface area contributed by atoms with Crippen LogP contribution in [-0.2, 0) is 11.4 Å². The van der Waals surface area contributed by atoms with Gasteiger partial charge < -0.3 is 20.9 Å². The highest BCUT2D eigenvalue weighted by atomic mass is 16.5. The van der Waals surface area contributed by atoms with Crippen LogP contribution in [0.3, 0.4) is 0 Å². The third kappa shape index (κ3) is 4.97. The summed E-state index contributed by atoms with van der Waals surface area (Å²) >= 11 is 0. The van der Waals surface area contributed by atoms with Crippen molar-refractivity contribution in [2.45, 2.75) is 19.1 Å². The standard InChI is InChI=1S/C23H24N2O3/c1-23(24,16-26)22(27)25-20-11-13-21(14-12-20)28-15-17-7-9-19(10-8-17)18-5-3-2-4-6-18/h2-14,26H,15-16,24H2,1H3,(H,25,27)/t23-/m0/s1. The highest BCUT2D eigenvalue weighted by Gasteiger charge is 2.27. The lowest BCUT2D eigenvalue weighted by molar-refractivity contribution is -0.121. The van der Waals surface area contributed by atoms with Crippen molar-refractivity contribution in [3.05, 3.63) is 84.4 Å². The molecule has 5 nitrogen and oxygen atoms in total. The molecule has 5 heteroatoms. The van der Waals surface area contributed by atoms with Crippen LogP contribution in [0.5, 0.6) is 5.75 Å². The van der Waals surface area contributed by atoms with Crippen LogP contribution in [-0.4, -0.2) is 23.2 Å². The van der Waals surface area contributed by atoms with Crippen LogP contribution in [0, 0.1) is 0 Å². The van der Waals surface area contributed by atoms with Gasteiger partial charge in [-0.3, -0.25) is 4.79 Å². The number of aliphatic hydroxyl groups is 1. The van der Waals surface area contributed by atoms with Gasteiger partial charge in [0, 0.05) is 5.69 Å². The van der Waals surface area contributed by atoms with Gasteiger partial charge in [-0.05, 0) is 47.9 Å². The molecule has 0 aromatic heterocycles. The molecule has 0 heterocycles. The normalized spacial score (nSPS) is 12.8. The number of nitrogens with two attached hydrogens (primary N) is 1. The largest absolute Gasteiger partial charge is 0.489 e. The molecule has 1 atom stereocenters. The maximum atomic E-state index is 12.0. The highest BCUT2D eigenvalue weighted by molar-refractivity contribution is 5.97. The number of hydrogen-bond acceptors (Lipinski definition) is 4. The summed E-state index contributed by atoms with van der Waals surface area (Å²) in [6.07, 6.45) is 0. The Hall–Kier alpha value is -3.15. The van der Waals surface area contributed by atoms with Gasteiger partial charge in [0.2, 0.25) is 5.91 Å². The van der Waals surface area contributed by atoms with Crippen molar-refractivity contribution >= 4 is 11.6 Å². The van der Waals surface area contributed by atoms with Gasteiger partial charge in [-0.1, -0.05) is 54.6 Å². The number of benzene rings is 3. The first-order valence-electron chi connectivity index (χ1n) is 9.06. The van der Waals surface area contributed by atoms with E-state index in [1.54, 1.807) is 24.3 Å². The van der Waals surface area contributed by atoms with E-state index in [-0.39, 0.29) is 0 Å². The number of ether oxygens (including phenoxy) is 1. The predicted octanol–water partition coefficient (Wildman–Crippen LogP) is 3.58.